The predicted octanol–water partition coefficient (Wildman–Crippen LogP) is -3.52. The van der Waals surface area contributed by atoms with Gasteiger partial charge < -0.3 is 45.3 Å². The summed E-state index contributed by atoms with van der Waals surface area (Å²) in [6, 6.07) is 10.2. The van der Waals surface area contributed by atoms with Gasteiger partial charge in [-0.3, -0.25) is 9.59 Å². The maximum Gasteiger partial charge on any atom is 1.00 e. The summed E-state index contributed by atoms with van der Waals surface area (Å²) in [6.45, 7) is 0.150. The Balaban J connectivity index is 0.00000588. The van der Waals surface area contributed by atoms with Gasteiger partial charge in [0.2, 0.25) is 11.7 Å². The molecule has 15 heteroatoms. The molecule has 5 N–H and O–H groups in total. The number of carboxylic acid groups (broad SMARTS) is 1. The molecule has 1 fully saturated rings. The van der Waals surface area contributed by atoms with Gasteiger partial charge in [0.15, 0.2) is 0 Å². The van der Waals surface area contributed by atoms with E-state index in [1.54, 1.807) is 30.3 Å². The van der Waals surface area contributed by atoms with E-state index >= 15 is 0 Å². The van der Waals surface area contributed by atoms with Crippen LogP contribution in [0.25, 0.3) is 0 Å². The Bertz CT molecular complexity index is 1190. The minimum atomic E-state index is -4.60. The average molecular weight is 592 g/mol. The number of alkyl halides is 3. The molecule has 0 aromatic heterocycles. The van der Waals surface area contributed by atoms with Crippen molar-refractivity contribution in [2.75, 3.05) is 6.54 Å². The Morgan fingerprint density at radius 1 is 1.12 bits per heavy atom. The standard InChI is InChI=1S/C26H29F3N2O9.Na/c1-14(32)31-20-18(33)11-25(24(37)38,39-13-15-5-3-2-4-6-15)40-22(20)21(35)19(34)12-30-23(36)16-7-9-17(10-8-16)26(27,28)29;/h2-10,18-22,33-35H,11-13H2,1H3,(H,30,36)(H,31,32)(H,37,38);/q;+1/p-1/t18-,19+,20+,21-,22+,25+;/m0./s1. The van der Waals surface area contributed by atoms with Crippen molar-refractivity contribution in [3.8, 4) is 0 Å². The van der Waals surface area contributed by atoms with Crippen molar-refractivity contribution in [2.24, 2.45) is 0 Å². The number of nitrogens with one attached hydrogen (secondary N) is 2. The van der Waals surface area contributed by atoms with E-state index in [1.165, 1.54) is 0 Å². The molecule has 0 saturated carbocycles. The maximum absolute atomic E-state index is 12.8. The van der Waals surface area contributed by atoms with Crippen molar-refractivity contribution < 1.29 is 87.0 Å². The third-order valence-electron chi connectivity index (χ3n) is 6.25. The number of aliphatic carboxylic acids is 1. The number of hydrogen-bond acceptors (Lipinski definition) is 9. The molecule has 0 unspecified atom stereocenters. The first-order chi connectivity index (χ1) is 18.7. The Labute approximate surface area is 254 Å². The van der Waals surface area contributed by atoms with Crippen LogP contribution < -0.4 is 45.3 Å². The second-order valence-corrected chi connectivity index (χ2v) is 9.24. The van der Waals surface area contributed by atoms with Gasteiger partial charge in [0.25, 0.3) is 5.91 Å². The van der Waals surface area contributed by atoms with Crippen LogP contribution in [-0.2, 0) is 31.8 Å². The summed E-state index contributed by atoms with van der Waals surface area (Å²) in [5, 5.41) is 48.9. The third kappa shape index (κ3) is 8.96. The summed E-state index contributed by atoms with van der Waals surface area (Å²) in [7, 11) is 0. The van der Waals surface area contributed by atoms with Crippen molar-refractivity contribution >= 4 is 17.8 Å². The smallest absolute Gasteiger partial charge is 0.544 e. The Morgan fingerprint density at radius 3 is 2.27 bits per heavy atom. The molecule has 6 atom stereocenters. The molecule has 2 aromatic carbocycles. The monoisotopic (exact) mass is 592 g/mol. The summed E-state index contributed by atoms with van der Waals surface area (Å²) >= 11 is 0. The van der Waals surface area contributed by atoms with Crippen LogP contribution in [0.5, 0.6) is 0 Å². The summed E-state index contributed by atoms with van der Waals surface area (Å²) in [5.74, 6) is -6.01. The van der Waals surface area contributed by atoms with Gasteiger partial charge in [-0.1, -0.05) is 30.3 Å². The minimum Gasteiger partial charge on any atom is -0.544 e. The number of amides is 2. The van der Waals surface area contributed by atoms with Gasteiger partial charge in [0.1, 0.15) is 18.2 Å². The molecule has 41 heavy (non-hydrogen) atoms. The zero-order valence-electron chi connectivity index (χ0n) is 22.1. The first-order valence-corrected chi connectivity index (χ1v) is 12.1. The first kappa shape index (κ1) is 34.6. The largest absolute Gasteiger partial charge is 1.00 e. The number of benzene rings is 2. The number of ether oxygens (including phenoxy) is 2. The van der Waals surface area contributed by atoms with E-state index in [4.69, 9.17) is 9.47 Å². The zero-order chi connectivity index (χ0) is 29.7. The molecule has 3 rings (SSSR count). The molecule has 0 radical (unpaired) electrons. The number of carboxylic acids is 1. The van der Waals surface area contributed by atoms with Gasteiger partial charge >= 0.3 is 35.7 Å². The van der Waals surface area contributed by atoms with Crippen LogP contribution in [-0.4, -0.2) is 75.9 Å². The second-order valence-electron chi connectivity index (χ2n) is 9.24. The van der Waals surface area contributed by atoms with E-state index in [0.29, 0.717) is 17.7 Å². The minimum absolute atomic E-state index is 0. The van der Waals surface area contributed by atoms with Crippen molar-refractivity contribution in [3.63, 3.8) is 0 Å². The van der Waals surface area contributed by atoms with Crippen LogP contribution in [0.2, 0.25) is 0 Å². The summed E-state index contributed by atoms with van der Waals surface area (Å²) in [5.41, 5.74) is -0.587. The average Bonchev–Trinajstić information content (AvgIpc) is 2.91. The van der Waals surface area contributed by atoms with Gasteiger partial charge in [-0.2, -0.15) is 13.2 Å². The van der Waals surface area contributed by atoms with Gasteiger partial charge in [-0.05, 0) is 29.8 Å². The van der Waals surface area contributed by atoms with Crippen molar-refractivity contribution in [1.29, 1.82) is 0 Å². The van der Waals surface area contributed by atoms with Gasteiger partial charge in [-0.15, -0.1) is 0 Å². The van der Waals surface area contributed by atoms with E-state index in [0.717, 1.165) is 19.1 Å². The molecule has 1 aliphatic rings. The summed E-state index contributed by atoms with van der Waals surface area (Å²) < 4.78 is 49.3. The van der Waals surface area contributed by atoms with E-state index in [-0.39, 0.29) is 41.7 Å². The molecule has 2 aromatic rings. The molecular formula is C26H28F3N2NaO9. The summed E-state index contributed by atoms with van der Waals surface area (Å²) in [4.78, 5) is 36.3. The quantitative estimate of drug-likeness (QED) is 0.175. The SMILES string of the molecule is CC(=O)N[C@H]1[C@H]([C@@H](O)[C@H](O)CNC(=O)c2ccc(C(F)(F)F)cc2)O[C@@](OCc2ccccc2)(C(=O)[O-])C[C@@H]1O.[Na+]. The molecule has 0 aliphatic carbocycles. The third-order valence-corrected chi connectivity index (χ3v) is 6.25. The number of carbonyl (C=O) groups excluding carboxylic acids is 3. The Kier molecular flexibility index (Phi) is 12.3. The molecule has 11 nitrogen and oxygen atoms in total. The number of rotatable bonds is 10. The molecule has 1 aliphatic heterocycles. The number of halogens is 3. The zero-order valence-corrected chi connectivity index (χ0v) is 24.1. The van der Waals surface area contributed by atoms with Crippen molar-refractivity contribution in [3.05, 3.63) is 71.3 Å². The number of hydrogen-bond donors (Lipinski definition) is 5. The van der Waals surface area contributed by atoms with Crippen LogP contribution in [0.1, 0.15) is 34.8 Å². The fourth-order valence-corrected chi connectivity index (χ4v) is 4.16. The van der Waals surface area contributed by atoms with Gasteiger partial charge in [0.05, 0.1) is 30.4 Å². The molecule has 0 spiro atoms. The molecule has 218 valence electrons. The molecular weight excluding hydrogens is 564 g/mol. The molecule has 2 amide bonds. The van der Waals surface area contributed by atoms with Crippen LogP contribution in [0.4, 0.5) is 13.2 Å². The predicted molar refractivity (Wildman–Crippen MR) is 128 cm³/mol. The molecule has 0 bridgehead atoms. The number of aliphatic hydroxyl groups is 3. The fraction of sp³-hybridized carbons (Fsp3) is 0.423. The molecule has 1 heterocycles. The van der Waals surface area contributed by atoms with E-state index < -0.39 is 78.7 Å². The van der Waals surface area contributed by atoms with Crippen LogP contribution in [0, 0.1) is 0 Å². The summed E-state index contributed by atoms with van der Waals surface area (Å²) in [6.07, 6.45) is -12.6. The van der Waals surface area contributed by atoms with Gasteiger partial charge in [-0.25, -0.2) is 0 Å². The topological polar surface area (TPSA) is 177 Å². The Hall–Kier alpha value is -2.56. The molecule has 1 saturated heterocycles. The number of carbonyl (C=O) groups is 3. The van der Waals surface area contributed by atoms with E-state index in [1.807, 2.05) is 0 Å². The second kappa shape index (κ2) is 14.6. The fourth-order valence-electron chi connectivity index (χ4n) is 4.16. The van der Waals surface area contributed by atoms with Gasteiger partial charge in [0, 0.05) is 25.5 Å². The van der Waals surface area contributed by atoms with E-state index in [9.17, 15) is 48.0 Å². The van der Waals surface area contributed by atoms with Crippen molar-refractivity contribution in [1.82, 2.24) is 10.6 Å². The van der Waals surface area contributed by atoms with Crippen LogP contribution in [0.15, 0.2) is 54.6 Å². The van der Waals surface area contributed by atoms with Crippen LogP contribution in [0.3, 0.4) is 0 Å². The number of aliphatic hydroxyl groups excluding tert-OH is 3. The van der Waals surface area contributed by atoms with Crippen molar-refractivity contribution in [2.45, 2.75) is 62.4 Å². The normalized spacial score (nSPS) is 23.9. The first-order valence-electron chi connectivity index (χ1n) is 12.1. The van der Waals surface area contributed by atoms with Crippen LogP contribution >= 0.6 is 0 Å². The Morgan fingerprint density at radius 2 is 1.73 bits per heavy atom. The van der Waals surface area contributed by atoms with E-state index in [2.05, 4.69) is 10.6 Å². The maximum atomic E-state index is 12.8.